The zero-order valence-corrected chi connectivity index (χ0v) is 12.6. The van der Waals surface area contributed by atoms with Gasteiger partial charge in [0.25, 0.3) is 0 Å². The summed E-state index contributed by atoms with van der Waals surface area (Å²) in [5, 5.41) is 0. The maximum Gasteiger partial charge on any atom is 0.0171 e. The second-order valence-electron chi connectivity index (χ2n) is 4.23. The third kappa shape index (κ3) is 5.90. The first kappa shape index (κ1) is 16.8. The first-order valence-corrected chi connectivity index (χ1v) is 7.06. The van der Waals surface area contributed by atoms with Crippen LogP contribution in [-0.4, -0.2) is 18.0 Å². The molecule has 0 amide bonds. The minimum atomic E-state index is 0.988. The summed E-state index contributed by atoms with van der Waals surface area (Å²) in [5.74, 6) is 0. The highest BCUT2D eigenvalue weighted by Gasteiger charge is 2.09. The van der Waals surface area contributed by atoms with Crippen molar-refractivity contribution in [3.63, 3.8) is 0 Å². The van der Waals surface area contributed by atoms with Crippen molar-refractivity contribution in [3.05, 3.63) is 48.2 Å². The normalized spacial score (nSPS) is 13.1. The van der Waals surface area contributed by atoms with E-state index in [4.69, 9.17) is 0 Å². The van der Waals surface area contributed by atoms with E-state index in [2.05, 4.69) is 63.5 Å². The van der Waals surface area contributed by atoms with Gasteiger partial charge in [0, 0.05) is 18.8 Å². The van der Waals surface area contributed by atoms with E-state index < -0.39 is 0 Å². The molecule has 0 radical (unpaired) electrons. The maximum atomic E-state index is 3.98. The van der Waals surface area contributed by atoms with Gasteiger partial charge in [0.2, 0.25) is 0 Å². The zero-order valence-electron chi connectivity index (χ0n) is 12.6. The molecule has 0 N–H and O–H groups in total. The first-order valence-electron chi connectivity index (χ1n) is 7.06. The molecule has 0 rings (SSSR count). The van der Waals surface area contributed by atoms with E-state index in [1.807, 2.05) is 6.08 Å². The van der Waals surface area contributed by atoms with Crippen LogP contribution in [0.3, 0.4) is 0 Å². The minimum absolute atomic E-state index is 0.988. The third-order valence-corrected chi connectivity index (χ3v) is 3.12. The van der Waals surface area contributed by atoms with Crippen molar-refractivity contribution in [1.29, 1.82) is 0 Å². The van der Waals surface area contributed by atoms with E-state index in [1.54, 1.807) is 0 Å². The molecule has 0 aromatic heterocycles. The Morgan fingerprint density at radius 1 is 1.06 bits per heavy atom. The van der Waals surface area contributed by atoms with Crippen LogP contribution < -0.4 is 0 Å². The molecule has 0 atom stereocenters. The number of hydrogen-bond acceptors (Lipinski definition) is 1. The van der Waals surface area contributed by atoms with Crippen LogP contribution in [0, 0.1) is 0 Å². The van der Waals surface area contributed by atoms with Crippen LogP contribution in [0.5, 0.6) is 0 Å². The smallest absolute Gasteiger partial charge is 0.0171 e. The van der Waals surface area contributed by atoms with Gasteiger partial charge < -0.3 is 4.90 Å². The summed E-state index contributed by atoms with van der Waals surface area (Å²) < 4.78 is 0. The van der Waals surface area contributed by atoms with Gasteiger partial charge in [-0.15, -0.1) is 0 Å². The summed E-state index contributed by atoms with van der Waals surface area (Å²) in [5.41, 5.74) is 2.81. The highest BCUT2D eigenvalue weighted by atomic mass is 15.1. The molecule has 0 aliphatic rings. The van der Waals surface area contributed by atoms with Gasteiger partial charge in [0.15, 0.2) is 0 Å². The van der Waals surface area contributed by atoms with Gasteiger partial charge in [0.05, 0.1) is 0 Å². The van der Waals surface area contributed by atoms with Crippen molar-refractivity contribution < 1.29 is 0 Å². The third-order valence-electron chi connectivity index (χ3n) is 3.12. The maximum absolute atomic E-state index is 3.98. The topological polar surface area (TPSA) is 3.24 Å². The minimum Gasteiger partial charge on any atom is -0.375 e. The first-order chi connectivity index (χ1) is 8.74. The number of hydrogen-bond donors (Lipinski definition) is 0. The van der Waals surface area contributed by atoms with E-state index in [1.165, 1.54) is 11.3 Å². The fraction of sp³-hybridized carbons (Fsp3) is 0.529. The average Bonchev–Trinajstić information content (AvgIpc) is 2.40. The molecule has 0 aromatic carbocycles. The summed E-state index contributed by atoms with van der Waals surface area (Å²) >= 11 is 0. The molecule has 0 aromatic rings. The monoisotopic (exact) mass is 247 g/mol. The highest BCUT2D eigenvalue weighted by Crippen LogP contribution is 2.20. The van der Waals surface area contributed by atoms with E-state index in [0.29, 0.717) is 0 Å². The number of allylic oxidation sites excluding steroid dienone is 7. The molecule has 18 heavy (non-hydrogen) atoms. The largest absolute Gasteiger partial charge is 0.375 e. The summed E-state index contributed by atoms with van der Waals surface area (Å²) in [6.45, 7) is 14.7. The van der Waals surface area contributed by atoms with Gasteiger partial charge in [0.1, 0.15) is 0 Å². The molecule has 102 valence electrons. The predicted octanol–water partition coefficient (Wildman–Crippen LogP) is 5.09. The van der Waals surface area contributed by atoms with Gasteiger partial charge in [-0.1, -0.05) is 37.0 Å². The summed E-state index contributed by atoms with van der Waals surface area (Å²) in [6, 6.07) is 0. The van der Waals surface area contributed by atoms with Crippen molar-refractivity contribution in [2.75, 3.05) is 13.1 Å². The molecule has 1 nitrogen and oxygen atoms in total. The Labute approximate surface area is 114 Å². The molecular formula is C17H29N. The fourth-order valence-electron chi connectivity index (χ4n) is 2.08. The summed E-state index contributed by atoms with van der Waals surface area (Å²) in [6.07, 6.45) is 13.9. The van der Waals surface area contributed by atoms with E-state index in [9.17, 15) is 0 Å². The molecule has 0 saturated heterocycles. The van der Waals surface area contributed by atoms with E-state index >= 15 is 0 Å². The van der Waals surface area contributed by atoms with Gasteiger partial charge in [-0.25, -0.2) is 0 Å². The van der Waals surface area contributed by atoms with Gasteiger partial charge >= 0.3 is 0 Å². The molecule has 1 heteroatoms. The van der Waals surface area contributed by atoms with E-state index in [-0.39, 0.29) is 0 Å². The molecule has 0 heterocycles. The van der Waals surface area contributed by atoms with E-state index in [0.717, 1.165) is 32.4 Å². The Kier molecular flexibility index (Phi) is 10.1. The Morgan fingerprint density at radius 2 is 1.67 bits per heavy atom. The van der Waals surface area contributed by atoms with Gasteiger partial charge in [-0.2, -0.15) is 0 Å². The lowest BCUT2D eigenvalue weighted by Crippen LogP contribution is -2.23. The fourth-order valence-corrected chi connectivity index (χ4v) is 2.08. The predicted molar refractivity (Wildman–Crippen MR) is 83.6 cm³/mol. The SMILES string of the molecule is C=C/C(C/C=C\C)=C(\CC/C=C\C)N(CC)CC. The standard InChI is InChI=1S/C17H29N/c1-6-11-13-15-17(18(9-4)10-5)16(8-3)14-12-7-2/h6-8,11-12H,3,9-10,13-15H2,1-2,4-5H3/b11-6-,12-7-,17-16-. The molecule has 0 saturated carbocycles. The molecule has 0 spiro atoms. The lowest BCUT2D eigenvalue weighted by molar-refractivity contribution is 0.364. The van der Waals surface area contributed by atoms with Crippen LogP contribution in [0.2, 0.25) is 0 Å². The zero-order chi connectivity index (χ0) is 13.8. The van der Waals surface area contributed by atoms with Gasteiger partial charge in [-0.05, 0) is 52.5 Å². The number of rotatable bonds is 9. The second kappa shape index (κ2) is 10.9. The Bertz CT molecular complexity index is 304. The molecular weight excluding hydrogens is 218 g/mol. The highest BCUT2D eigenvalue weighted by molar-refractivity contribution is 5.26. The summed E-state index contributed by atoms with van der Waals surface area (Å²) in [7, 11) is 0. The molecule has 0 bridgehead atoms. The number of nitrogens with zero attached hydrogens (tertiary/aromatic N) is 1. The molecule has 0 fully saturated rings. The van der Waals surface area contributed by atoms with Crippen molar-refractivity contribution in [1.82, 2.24) is 4.90 Å². The van der Waals surface area contributed by atoms with Crippen molar-refractivity contribution in [3.8, 4) is 0 Å². The van der Waals surface area contributed by atoms with Crippen LogP contribution in [0.25, 0.3) is 0 Å². The Hall–Kier alpha value is -1.24. The lowest BCUT2D eigenvalue weighted by atomic mass is 10.0. The Balaban J connectivity index is 5.09. The van der Waals surface area contributed by atoms with Crippen LogP contribution in [0.1, 0.15) is 47.0 Å². The van der Waals surface area contributed by atoms with Crippen molar-refractivity contribution in [2.45, 2.75) is 47.0 Å². The van der Waals surface area contributed by atoms with Crippen LogP contribution in [-0.2, 0) is 0 Å². The van der Waals surface area contributed by atoms with Crippen LogP contribution in [0.15, 0.2) is 48.2 Å². The summed E-state index contributed by atoms with van der Waals surface area (Å²) in [4.78, 5) is 2.45. The van der Waals surface area contributed by atoms with Gasteiger partial charge in [-0.3, -0.25) is 0 Å². The van der Waals surface area contributed by atoms with Crippen molar-refractivity contribution >= 4 is 0 Å². The lowest BCUT2D eigenvalue weighted by Gasteiger charge is -2.27. The molecule has 0 unspecified atom stereocenters. The quantitative estimate of drug-likeness (QED) is 0.405. The average molecular weight is 247 g/mol. The Morgan fingerprint density at radius 3 is 2.11 bits per heavy atom. The van der Waals surface area contributed by atoms with Crippen molar-refractivity contribution in [2.24, 2.45) is 0 Å². The molecule has 0 aliphatic heterocycles. The second-order valence-corrected chi connectivity index (χ2v) is 4.23. The molecule has 0 aliphatic carbocycles. The van der Waals surface area contributed by atoms with Crippen LogP contribution >= 0.6 is 0 Å². The van der Waals surface area contributed by atoms with Crippen LogP contribution in [0.4, 0.5) is 0 Å².